The van der Waals surface area contributed by atoms with E-state index < -0.39 is 0 Å². The number of nitrogens with zero attached hydrogens (tertiary/aromatic N) is 3. The summed E-state index contributed by atoms with van der Waals surface area (Å²) < 4.78 is 2.23. The van der Waals surface area contributed by atoms with Gasteiger partial charge in [0.2, 0.25) is 0 Å². The van der Waals surface area contributed by atoms with Gasteiger partial charge in [0.15, 0.2) is 5.13 Å². The first kappa shape index (κ1) is 12.7. The largest absolute Gasteiger partial charge is 0.351 e. The summed E-state index contributed by atoms with van der Waals surface area (Å²) >= 11 is 1.78. The second kappa shape index (κ2) is 5.00. The van der Waals surface area contributed by atoms with E-state index >= 15 is 0 Å². The molecule has 2 aromatic rings. The number of piperidine rings is 1. The Balaban J connectivity index is 1.90. The highest BCUT2D eigenvalue weighted by molar-refractivity contribution is 7.14. The van der Waals surface area contributed by atoms with Gasteiger partial charge in [-0.25, -0.2) is 4.98 Å². The molecule has 0 aliphatic carbocycles. The minimum atomic E-state index is 1.13. The SMILES string of the molecule is Cc1cc(-c2csc(N3CCCCC3)n2)c(C)n1C. The molecular formula is C15H21N3S. The lowest BCUT2D eigenvalue weighted by Gasteiger charge is -2.25. The van der Waals surface area contributed by atoms with E-state index in [0.29, 0.717) is 0 Å². The summed E-state index contributed by atoms with van der Waals surface area (Å²) in [4.78, 5) is 7.28. The number of hydrogen-bond donors (Lipinski definition) is 0. The van der Waals surface area contributed by atoms with Gasteiger partial charge >= 0.3 is 0 Å². The summed E-state index contributed by atoms with van der Waals surface area (Å²) in [7, 11) is 2.12. The number of anilines is 1. The van der Waals surface area contributed by atoms with Crippen molar-refractivity contribution in [3.8, 4) is 11.3 Å². The summed E-state index contributed by atoms with van der Waals surface area (Å²) in [6.45, 7) is 6.65. The van der Waals surface area contributed by atoms with Crippen LogP contribution in [0.15, 0.2) is 11.4 Å². The van der Waals surface area contributed by atoms with Gasteiger partial charge in [0.05, 0.1) is 5.69 Å². The van der Waals surface area contributed by atoms with Crippen molar-refractivity contribution in [3.63, 3.8) is 0 Å². The minimum absolute atomic E-state index is 1.13. The fraction of sp³-hybridized carbons (Fsp3) is 0.533. The summed E-state index contributed by atoms with van der Waals surface area (Å²) in [5.74, 6) is 0. The van der Waals surface area contributed by atoms with Crippen molar-refractivity contribution >= 4 is 16.5 Å². The van der Waals surface area contributed by atoms with Gasteiger partial charge < -0.3 is 9.47 Å². The molecule has 0 N–H and O–H groups in total. The van der Waals surface area contributed by atoms with Crippen LogP contribution in [0.1, 0.15) is 30.7 Å². The van der Waals surface area contributed by atoms with Crippen LogP contribution in [0.25, 0.3) is 11.3 Å². The average molecular weight is 275 g/mol. The topological polar surface area (TPSA) is 21.1 Å². The lowest BCUT2D eigenvalue weighted by Crippen LogP contribution is -2.29. The summed E-state index contributed by atoms with van der Waals surface area (Å²) in [6, 6.07) is 2.24. The lowest BCUT2D eigenvalue weighted by atomic mass is 10.1. The highest BCUT2D eigenvalue weighted by atomic mass is 32.1. The zero-order valence-electron chi connectivity index (χ0n) is 11.9. The summed E-state index contributed by atoms with van der Waals surface area (Å²) in [5.41, 5.74) is 5.00. The average Bonchev–Trinajstić information content (AvgIpc) is 3.01. The van der Waals surface area contributed by atoms with Crippen LogP contribution in [0, 0.1) is 13.8 Å². The molecule has 1 aliphatic heterocycles. The number of rotatable bonds is 2. The molecule has 3 nitrogen and oxygen atoms in total. The van der Waals surface area contributed by atoms with E-state index in [2.05, 4.69) is 41.8 Å². The molecule has 0 unspecified atom stereocenters. The molecule has 0 bridgehead atoms. The Morgan fingerprint density at radius 2 is 1.89 bits per heavy atom. The van der Waals surface area contributed by atoms with E-state index in [9.17, 15) is 0 Å². The monoisotopic (exact) mass is 275 g/mol. The number of thiazole rings is 1. The third-order valence-electron chi connectivity index (χ3n) is 4.17. The maximum atomic E-state index is 4.85. The van der Waals surface area contributed by atoms with Crippen LogP contribution in [0.4, 0.5) is 5.13 Å². The van der Waals surface area contributed by atoms with Crippen molar-refractivity contribution in [3.05, 3.63) is 22.8 Å². The van der Waals surface area contributed by atoms with Crippen molar-refractivity contribution in [1.29, 1.82) is 0 Å². The van der Waals surface area contributed by atoms with Crippen LogP contribution in [-0.2, 0) is 7.05 Å². The molecule has 102 valence electrons. The Morgan fingerprint density at radius 3 is 2.53 bits per heavy atom. The van der Waals surface area contributed by atoms with Crippen molar-refractivity contribution in [2.75, 3.05) is 18.0 Å². The Kier molecular flexibility index (Phi) is 3.35. The van der Waals surface area contributed by atoms with Crippen LogP contribution in [0.3, 0.4) is 0 Å². The first-order valence-electron chi connectivity index (χ1n) is 7.00. The van der Waals surface area contributed by atoms with E-state index in [1.807, 2.05) is 0 Å². The third-order valence-corrected chi connectivity index (χ3v) is 5.07. The molecular weight excluding hydrogens is 254 g/mol. The maximum Gasteiger partial charge on any atom is 0.185 e. The molecule has 4 heteroatoms. The predicted octanol–water partition coefficient (Wildman–Crippen LogP) is 3.76. The Bertz CT molecular complexity index is 576. The fourth-order valence-corrected chi connectivity index (χ4v) is 3.61. The van der Waals surface area contributed by atoms with Crippen LogP contribution in [0.5, 0.6) is 0 Å². The van der Waals surface area contributed by atoms with Crippen LogP contribution in [0.2, 0.25) is 0 Å². The molecule has 19 heavy (non-hydrogen) atoms. The Hall–Kier alpha value is -1.29. The molecule has 3 rings (SSSR count). The highest BCUT2D eigenvalue weighted by Crippen LogP contribution is 2.31. The second-order valence-corrected chi connectivity index (χ2v) is 6.24. The number of aromatic nitrogens is 2. The van der Waals surface area contributed by atoms with Crippen molar-refractivity contribution in [1.82, 2.24) is 9.55 Å². The van der Waals surface area contributed by atoms with E-state index in [-0.39, 0.29) is 0 Å². The molecule has 1 aliphatic rings. The quantitative estimate of drug-likeness (QED) is 0.832. The van der Waals surface area contributed by atoms with Crippen LogP contribution >= 0.6 is 11.3 Å². The van der Waals surface area contributed by atoms with Gasteiger partial charge in [-0.3, -0.25) is 0 Å². The normalized spacial score (nSPS) is 16.1. The first-order valence-corrected chi connectivity index (χ1v) is 7.88. The van der Waals surface area contributed by atoms with Gasteiger partial charge in [-0.2, -0.15) is 0 Å². The van der Waals surface area contributed by atoms with Gasteiger partial charge in [0.1, 0.15) is 0 Å². The summed E-state index contributed by atoms with van der Waals surface area (Å²) in [5, 5.41) is 3.39. The molecule has 0 radical (unpaired) electrons. The van der Waals surface area contributed by atoms with Gasteiger partial charge in [0, 0.05) is 42.5 Å². The molecule has 0 atom stereocenters. The van der Waals surface area contributed by atoms with Gasteiger partial charge in [-0.1, -0.05) is 0 Å². The Morgan fingerprint density at radius 1 is 1.16 bits per heavy atom. The number of aryl methyl sites for hydroxylation is 1. The molecule has 0 amide bonds. The minimum Gasteiger partial charge on any atom is -0.351 e. The third kappa shape index (κ3) is 2.29. The molecule has 2 aromatic heterocycles. The number of hydrogen-bond acceptors (Lipinski definition) is 3. The van der Waals surface area contributed by atoms with Crippen LogP contribution in [-0.4, -0.2) is 22.6 Å². The van der Waals surface area contributed by atoms with Crippen LogP contribution < -0.4 is 4.90 Å². The Labute approximate surface area is 118 Å². The van der Waals surface area contributed by atoms with Gasteiger partial charge in [0.25, 0.3) is 0 Å². The maximum absolute atomic E-state index is 4.85. The smallest absolute Gasteiger partial charge is 0.185 e. The second-order valence-electron chi connectivity index (χ2n) is 5.41. The van der Waals surface area contributed by atoms with Crippen molar-refractivity contribution in [2.45, 2.75) is 33.1 Å². The molecule has 0 aromatic carbocycles. The molecule has 1 saturated heterocycles. The van der Waals surface area contributed by atoms with Gasteiger partial charge in [-0.15, -0.1) is 11.3 Å². The zero-order valence-corrected chi connectivity index (χ0v) is 12.8. The lowest BCUT2D eigenvalue weighted by molar-refractivity contribution is 0.577. The van der Waals surface area contributed by atoms with Crippen molar-refractivity contribution < 1.29 is 0 Å². The van der Waals surface area contributed by atoms with E-state index in [1.54, 1.807) is 11.3 Å². The zero-order chi connectivity index (χ0) is 13.4. The van der Waals surface area contributed by atoms with E-state index in [4.69, 9.17) is 4.98 Å². The van der Waals surface area contributed by atoms with E-state index in [1.165, 1.54) is 54.4 Å². The first-order chi connectivity index (χ1) is 9.16. The van der Waals surface area contributed by atoms with E-state index in [0.717, 1.165) is 5.69 Å². The summed E-state index contributed by atoms with van der Waals surface area (Å²) in [6.07, 6.45) is 3.97. The molecule has 0 spiro atoms. The highest BCUT2D eigenvalue weighted by Gasteiger charge is 2.16. The van der Waals surface area contributed by atoms with Gasteiger partial charge in [-0.05, 0) is 39.2 Å². The molecule has 1 fully saturated rings. The van der Waals surface area contributed by atoms with Crippen molar-refractivity contribution in [2.24, 2.45) is 7.05 Å². The standard InChI is InChI=1S/C15H21N3S/c1-11-9-13(12(2)17(11)3)14-10-19-15(16-14)18-7-5-4-6-8-18/h9-10H,4-8H2,1-3H3. The fourth-order valence-electron chi connectivity index (χ4n) is 2.73. The molecule has 3 heterocycles. The predicted molar refractivity (Wildman–Crippen MR) is 82.1 cm³/mol. The molecule has 0 saturated carbocycles.